The van der Waals surface area contributed by atoms with Crippen LogP contribution in [0.2, 0.25) is 0 Å². The molecule has 2 rings (SSSR count). The summed E-state index contributed by atoms with van der Waals surface area (Å²) in [5.74, 6) is 0. The topological polar surface area (TPSA) is 113 Å². The van der Waals surface area contributed by atoms with E-state index in [1.165, 1.54) is 12.1 Å². The first kappa shape index (κ1) is 14.8. The second-order valence-electron chi connectivity index (χ2n) is 4.48. The molecule has 0 spiro atoms. The zero-order chi connectivity index (χ0) is 15.6. The van der Waals surface area contributed by atoms with Crippen LogP contribution >= 0.6 is 0 Å². The van der Waals surface area contributed by atoms with Gasteiger partial charge >= 0.3 is 0 Å². The summed E-state index contributed by atoms with van der Waals surface area (Å²) in [6.07, 6.45) is 0. The fourth-order valence-electron chi connectivity index (χ4n) is 1.91. The highest BCUT2D eigenvalue weighted by Crippen LogP contribution is 2.30. The van der Waals surface area contributed by atoms with Crippen molar-refractivity contribution in [3.8, 4) is 6.07 Å². The predicted molar refractivity (Wildman–Crippen MR) is 81.4 cm³/mol. The van der Waals surface area contributed by atoms with Crippen LogP contribution in [-0.2, 0) is 10.0 Å². The minimum Gasteiger partial charge on any atom is -0.397 e. The van der Waals surface area contributed by atoms with Crippen LogP contribution in [0.15, 0.2) is 47.4 Å². The lowest BCUT2D eigenvalue weighted by atomic mass is 10.2. The quantitative estimate of drug-likeness (QED) is 0.835. The van der Waals surface area contributed by atoms with Crippen LogP contribution in [0.5, 0.6) is 0 Å². The lowest BCUT2D eigenvalue weighted by molar-refractivity contribution is 0.598. The van der Waals surface area contributed by atoms with E-state index in [1.54, 1.807) is 42.3 Å². The van der Waals surface area contributed by atoms with Crippen LogP contribution in [0, 0.1) is 11.3 Å². The molecule has 0 amide bonds. The molecule has 0 aliphatic carbocycles. The summed E-state index contributed by atoms with van der Waals surface area (Å²) in [6.45, 7) is 0. The first-order valence-electron chi connectivity index (χ1n) is 5.99. The molecule has 0 aromatic heterocycles. The molecule has 0 bridgehead atoms. The van der Waals surface area contributed by atoms with Gasteiger partial charge in [-0.3, -0.25) is 0 Å². The molecule has 21 heavy (non-hydrogen) atoms. The van der Waals surface area contributed by atoms with Gasteiger partial charge in [-0.2, -0.15) is 5.26 Å². The third kappa shape index (κ3) is 3.13. The van der Waals surface area contributed by atoms with Crippen molar-refractivity contribution in [2.24, 2.45) is 5.14 Å². The number of benzene rings is 2. The number of sulfonamides is 1. The molecule has 0 aliphatic rings. The van der Waals surface area contributed by atoms with Crippen LogP contribution in [0.25, 0.3) is 0 Å². The molecule has 0 saturated carbocycles. The second kappa shape index (κ2) is 5.44. The summed E-state index contributed by atoms with van der Waals surface area (Å²) < 4.78 is 22.6. The zero-order valence-corrected chi connectivity index (χ0v) is 12.1. The summed E-state index contributed by atoms with van der Waals surface area (Å²) in [5, 5.41) is 13.9. The lowest BCUT2D eigenvalue weighted by Crippen LogP contribution is -2.15. The summed E-state index contributed by atoms with van der Waals surface area (Å²) >= 11 is 0. The number of rotatable bonds is 3. The van der Waals surface area contributed by atoms with Crippen molar-refractivity contribution in [2.45, 2.75) is 4.90 Å². The van der Waals surface area contributed by atoms with Crippen LogP contribution in [-0.4, -0.2) is 15.5 Å². The predicted octanol–water partition coefficient (Wildman–Crippen LogP) is 1.56. The van der Waals surface area contributed by atoms with E-state index < -0.39 is 10.0 Å². The normalized spacial score (nSPS) is 10.9. The molecule has 2 aromatic carbocycles. The Bertz CT molecular complexity index is 808. The maximum Gasteiger partial charge on any atom is 0.238 e. The van der Waals surface area contributed by atoms with Gasteiger partial charge in [-0.05, 0) is 42.5 Å². The SMILES string of the molecule is CN(c1ccc(C#N)cc1)c1ccc(S(N)(=O)=O)cc1N. The van der Waals surface area contributed by atoms with E-state index >= 15 is 0 Å². The number of nitrogens with zero attached hydrogens (tertiary/aromatic N) is 2. The molecule has 0 atom stereocenters. The Balaban J connectivity index is 2.39. The highest BCUT2D eigenvalue weighted by molar-refractivity contribution is 7.89. The van der Waals surface area contributed by atoms with E-state index in [1.807, 2.05) is 6.07 Å². The average molecular weight is 302 g/mol. The Kier molecular flexibility index (Phi) is 3.84. The maximum absolute atomic E-state index is 11.3. The van der Waals surface area contributed by atoms with Crippen molar-refractivity contribution in [3.05, 3.63) is 48.0 Å². The van der Waals surface area contributed by atoms with Crippen LogP contribution in [0.3, 0.4) is 0 Å². The van der Waals surface area contributed by atoms with Crippen molar-refractivity contribution < 1.29 is 8.42 Å². The highest BCUT2D eigenvalue weighted by atomic mass is 32.2. The first-order chi connectivity index (χ1) is 9.82. The molecule has 108 valence electrons. The fourth-order valence-corrected chi connectivity index (χ4v) is 2.46. The molecular weight excluding hydrogens is 288 g/mol. The minimum atomic E-state index is -3.78. The fraction of sp³-hybridized carbons (Fsp3) is 0.0714. The smallest absolute Gasteiger partial charge is 0.238 e. The van der Waals surface area contributed by atoms with E-state index in [9.17, 15) is 8.42 Å². The molecule has 2 aromatic rings. The Labute approximate surface area is 123 Å². The number of nitrogen functional groups attached to an aromatic ring is 1. The van der Waals surface area contributed by atoms with E-state index in [0.29, 0.717) is 16.9 Å². The second-order valence-corrected chi connectivity index (χ2v) is 6.04. The zero-order valence-electron chi connectivity index (χ0n) is 11.3. The van der Waals surface area contributed by atoms with Crippen LogP contribution in [0.4, 0.5) is 17.1 Å². The summed E-state index contributed by atoms with van der Waals surface area (Å²) in [4.78, 5) is 1.76. The Hall–Kier alpha value is -2.56. The van der Waals surface area contributed by atoms with E-state index in [2.05, 4.69) is 0 Å². The largest absolute Gasteiger partial charge is 0.397 e. The number of nitriles is 1. The third-order valence-electron chi connectivity index (χ3n) is 3.07. The van der Waals surface area contributed by atoms with Crippen molar-refractivity contribution in [1.29, 1.82) is 5.26 Å². The number of anilines is 3. The standard InChI is InChI=1S/C14H14N4O2S/c1-18(11-4-2-10(9-15)3-5-11)14-7-6-12(8-13(14)16)21(17,19)20/h2-8H,16H2,1H3,(H2,17,19,20). The number of primary sulfonamides is 1. The first-order valence-corrected chi connectivity index (χ1v) is 7.54. The van der Waals surface area contributed by atoms with Crippen molar-refractivity contribution >= 4 is 27.1 Å². The molecule has 0 aliphatic heterocycles. The maximum atomic E-state index is 11.3. The number of hydrogen-bond acceptors (Lipinski definition) is 5. The molecule has 6 nitrogen and oxygen atoms in total. The van der Waals surface area contributed by atoms with Crippen LogP contribution < -0.4 is 15.8 Å². The molecule has 0 fully saturated rings. The van der Waals surface area contributed by atoms with Crippen LogP contribution in [0.1, 0.15) is 5.56 Å². The van der Waals surface area contributed by atoms with Gasteiger partial charge in [0.05, 0.1) is 27.9 Å². The van der Waals surface area contributed by atoms with Gasteiger partial charge < -0.3 is 10.6 Å². The van der Waals surface area contributed by atoms with Gasteiger partial charge in [-0.15, -0.1) is 0 Å². The van der Waals surface area contributed by atoms with Crippen molar-refractivity contribution in [2.75, 3.05) is 17.7 Å². The van der Waals surface area contributed by atoms with Gasteiger partial charge in [0, 0.05) is 12.7 Å². The Morgan fingerprint density at radius 1 is 1.14 bits per heavy atom. The summed E-state index contributed by atoms with van der Waals surface area (Å²) in [6, 6.07) is 13.3. The van der Waals surface area contributed by atoms with E-state index in [4.69, 9.17) is 16.1 Å². The molecule has 4 N–H and O–H groups in total. The summed E-state index contributed by atoms with van der Waals surface area (Å²) in [7, 11) is -1.98. The number of nitrogens with two attached hydrogens (primary N) is 2. The monoisotopic (exact) mass is 302 g/mol. The van der Waals surface area contributed by atoms with Gasteiger partial charge in [-0.1, -0.05) is 0 Å². The van der Waals surface area contributed by atoms with Gasteiger partial charge in [0.25, 0.3) is 0 Å². The van der Waals surface area contributed by atoms with Gasteiger partial charge in [0.15, 0.2) is 0 Å². The highest BCUT2D eigenvalue weighted by Gasteiger charge is 2.13. The molecule has 0 unspecified atom stereocenters. The van der Waals surface area contributed by atoms with Crippen molar-refractivity contribution in [3.63, 3.8) is 0 Å². The summed E-state index contributed by atoms with van der Waals surface area (Å²) in [5.41, 5.74) is 8.23. The third-order valence-corrected chi connectivity index (χ3v) is 3.98. The van der Waals surface area contributed by atoms with E-state index in [-0.39, 0.29) is 4.90 Å². The van der Waals surface area contributed by atoms with E-state index in [0.717, 1.165) is 5.69 Å². The van der Waals surface area contributed by atoms with Gasteiger partial charge in [-0.25, -0.2) is 13.6 Å². The molecule has 7 heteroatoms. The lowest BCUT2D eigenvalue weighted by Gasteiger charge is -2.21. The average Bonchev–Trinajstić information content (AvgIpc) is 2.45. The molecule has 0 saturated heterocycles. The van der Waals surface area contributed by atoms with Crippen molar-refractivity contribution in [1.82, 2.24) is 0 Å². The molecular formula is C14H14N4O2S. The molecule has 0 radical (unpaired) electrons. The minimum absolute atomic E-state index is 0.0306. The van der Waals surface area contributed by atoms with Gasteiger partial charge in [0.2, 0.25) is 10.0 Å². The Morgan fingerprint density at radius 2 is 1.76 bits per heavy atom. The number of hydrogen-bond donors (Lipinski definition) is 2. The molecule has 0 heterocycles. The van der Waals surface area contributed by atoms with Gasteiger partial charge in [0.1, 0.15) is 0 Å². The Morgan fingerprint density at radius 3 is 2.24 bits per heavy atom.